The summed E-state index contributed by atoms with van der Waals surface area (Å²) in [6, 6.07) is 16.4. The van der Waals surface area contributed by atoms with Crippen molar-refractivity contribution in [3.05, 3.63) is 65.7 Å². The molecule has 2 aromatic carbocycles. The van der Waals surface area contributed by atoms with Gasteiger partial charge in [0.15, 0.2) is 0 Å². The zero-order chi connectivity index (χ0) is 18.5. The minimum atomic E-state index is -0.496. The lowest BCUT2D eigenvalue weighted by Crippen LogP contribution is -2.45. The molecule has 0 saturated carbocycles. The number of aryl methyl sites for hydroxylation is 1. The van der Waals surface area contributed by atoms with Crippen LogP contribution in [0.25, 0.3) is 0 Å². The van der Waals surface area contributed by atoms with Gasteiger partial charge in [0.2, 0.25) is 11.8 Å². The van der Waals surface area contributed by atoms with E-state index in [2.05, 4.69) is 17.8 Å². The maximum atomic E-state index is 12.3. The maximum Gasteiger partial charge on any atom is 0.269 e. The minimum absolute atomic E-state index is 0.0900. The first-order chi connectivity index (χ1) is 12.6. The van der Waals surface area contributed by atoms with Crippen molar-refractivity contribution < 1.29 is 14.4 Å². The zero-order valence-electron chi connectivity index (χ0n) is 14.6. The normalized spacial score (nSPS) is 16.4. The van der Waals surface area contributed by atoms with E-state index in [1.807, 2.05) is 30.3 Å². The van der Waals surface area contributed by atoms with E-state index in [1.54, 1.807) is 29.2 Å². The molecule has 0 spiro atoms. The number of amides is 3. The maximum absolute atomic E-state index is 12.3. The molecule has 2 aromatic rings. The molecule has 3 amide bonds. The highest BCUT2D eigenvalue weighted by Gasteiger charge is 2.35. The summed E-state index contributed by atoms with van der Waals surface area (Å²) in [7, 11) is 0. The molecular formula is C20H21N3O3. The van der Waals surface area contributed by atoms with E-state index in [9.17, 15) is 14.4 Å². The van der Waals surface area contributed by atoms with Crippen molar-refractivity contribution in [1.82, 2.24) is 10.9 Å². The van der Waals surface area contributed by atoms with Crippen molar-refractivity contribution >= 4 is 23.4 Å². The Bertz CT molecular complexity index is 820. The van der Waals surface area contributed by atoms with E-state index in [1.165, 1.54) is 0 Å². The molecule has 1 aliphatic heterocycles. The van der Waals surface area contributed by atoms with Crippen molar-refractivity contribution in [1.29, 1.82) is 0 Å². The Morgan fingerprint density at radius 3 is 2.58 bits per heavy atom. The second kappa shape index (κ2) is 7.82. The van der Waals surface area contributed by atoms with Gasteiger partial charge in [-0.15, -0.1) is 0 Å². The molecule has 0 bridgehead atoms. The molecule has 1 heterocycles. The van der Waals surface area contributed by atoms with Crippen molar-refractivity contribution in [2.24, 2.45) is 5.92 Å². The Morgan fingerprint density at radius 1 is 1.08 bits per heavy atom. The summed E-state index contributed by atoms with van der Waals surface area (Å²) < 4.78 is 0. The molecule has 1 saturated heterocycles. The molecule has 3 rings (SSSR count). The van der Waals surface area contributed by atoms with Crippen LogP contribution in [0.4, 0.5) is 5.69 Å². The van der Waals surface area contributed by atoms with Crippen LogP contribution >= 0.6 is 0 Å². The first-order valence-electron chi connectivity index (χ1n) is 8.63. The SMILES string of the molecule is CCc1cccc(N2C[C@@H](C(=O)NNC(=O)c3ccccc3)CC2=O)c1. The topological polar surface area (TPSA) is 78.5 Å². The summed E-state index contributed by atoms with van der Waals surface area (Å²) in [5.74, 6) is -1.34. The Hall–Kier alpha value is -3.15. The van der Waals surface area contributed by atoms with Gasteiger partial charge in [-0.25, -0.2) is 0 Å². The van der Waals surface area contributed by atoms with E-state index in [-0.39, 0.29) is 18.2 Å². The molecule has 26 heavy (non-hydrogen) atoms. The number of nitrogens with one attached hydrogen (secondary N) is 2. The van der Waals surface area contributed by atoms with Gasteiger partial charge in [0.25, 0.3) is 5.91 Å². The molecule has 6 nitrogen and oxygen atoms in total. The molecule has 134 valence electrons. The molecular weight excluding hydrogens is 330 g/mol. The van der Waals surface area contributed by atoms with E-state index in [4.69, 9.17) is 0 Å². The molecule has 0 aromatic heterocycles. The highest BCUT2D eigenvalue weighted by molar-refractivity contribution is 6.01. The summed E-state index contributed by atoms with van der Waals surface area (Å²) in [5.41, 5.74) is 7.21. The van der Waals surface area contributed by atoms with Gasteiger partial charge in [0.1, 0.15) is 0 Å². The number of nitrogens with zero attached hydrogens (tertiary/aromatic N) is 1. The van der Waals surface area contributed by atoms with Crippen molar-refractivity contribution in [2.75, 3.05) is 11.4 Å². The lowest BCUT2D eigenvalue weighted by Gasteiger charge is -2.17. The van der Waals surface area contributed by atoms with Crippen LogP contribution in [0.5, 0.6) is 0 Å². The van der Waals surface area contributed by atoms with Crippen molar-refractivity contribution in [3.8, 4) is 0 Å². The number of benzene rings is 2. The number of hydrogen-bond donors (Lipinski definition) is 2. The van der Waals surface area contributed by atoms with Crippen LogP contribution in [-0.2, 0) is 16.0 Å². The van der Waals surface area contributed by atoms with Gasteiger partial charge < -0.3 is 4.90 Å². The number of hydrazine groups is 1. The summed E-state index contributed by atoms with van der Waals surface area (Å²) in [6.07, 6.45) is 1.01. The third kappa shape index (κ3) is 3.91. The van der Waals surface area contributed by atoms with Crippen LogP contribution in [-0.4, -0.2) is 24.3 Å². The third-order valence-corrected chi connectivity index (χ3v) is 4.46. The fraction of sp³-hybridized carbons (Fsp3) is 0.250. The van der Waals surface area contributed by atoms with Crippen molar-refractivity contribution in [2.45, 2.75) is 19.8 Å². The van der Waals surface area contributed by atoms with E-state index < -0.39 is 11.8 Å². The smallest absolute Gasteiger partial charge is 0.269 e. The van der Waals surface area contributed by atoms with Crippen LogP contribution in [0.2, 0.25) is 0 Å². The number of carbonyl (C=O) groups excluding carboxylic acids is 3. The van der Waals surface area contributed by atoms with Gasteiger partial charge in [-0.3, -0.25) is 25.2 Å². The minimum Gasteiger partial charge on any atom is -0.312 e. The first-order valence-corrected chi connectivity index (χ1v) is 8.63. The van der Waals surface area contributed by atoms with Crippen LogP contribution < -0.4 is 15.8 Å². The molecule has 0 unspecified atom stereocenters. The van der Waals surface area contributed by atoms with Crippen molar-refractivity contribution in [3.63, 3.8) is 0 Å². The Labute approximate surface area is 152 Å². The first kappa shape index (κ1) is 17.7. The largest absolute Gasteiger partial charge is 0.312 e. The average Bonchev–Trinajstić information content (AvgIpc) is 3.08. The highest BCUT2D eigenvalue weighted by Crippen LogP contribution is 2.26. The molecule has 2 N–H and O–H groups in total. The third-order valence-electron chi connectivity index (χ3n) is 4.46. The summed E-state index contributed by atoms with van der Waals surface area (Å²) in [5, 5.41) is 0. The zero-order valence-corrected chi connectivity index (χ0v) is 14.6. The van der Waals surface area contributed by atoms with Crippen LogP contribution in [0.1, 0.15) is 29.3 Å². The lowest BCUT2D eigenvalue weighted by atomic mass is 10.1. The van der Waals surface area contributed by atoms with Gasteiger partial charge in [0, 0.05) is 24.2 Å². The van der Waals surface area contributed by atoms with Crippen LogP contribution in [0, 0.1) is 5.92 Å². The number of hydrogen-bond acceptors (Lipinski definition) is 3. The molecule has 0 radical (unpaired) electrons. The van der Waals surface area contributed by atoms with E-state index >= 15 is 0 Å². The fourth-order valence-electron chi connectivity index (χ4n) is 2.96. The Kier molecular flexibility index (Phi) is 5.31. The summed E-state index contributed by atoms with van der Waals surface area (Å²) in [6.45, 7) is 2.36. The number of carbonyl (C=O) groups is 3. The molecule has 0 aliphatic carbocycles. The quantitative estimate of drug-likeness (QED) is 0.828. The Morgan fingerprint density at radius 2 is 1.85 bits per heavy atom. The van der Waals surface area contributed by atoms with Crippen LogP contribution in [0.15, 0.2) is 54.6 Å². The Balaban J connectivity index is 1.59. The predicted octanol–water partition coefficient (Wildman–Crippen LogP) is 2.06. The highest BCUT2D eigenvalue weighted by atomic mass is 16.2. The van der Waals surface area contributed by atoms with Gasteiger partial charge in [-0.2, -0.15) is 0 Å². The molecule has 1 atom stereocenters. The number of anilines is 1. The molecule has 1 fully saturated rings. The van der Waals surface area contributed by atoms with Gasteiger partial charge in [-0.05, 0) is 36.2 Å². The second-order valence-electron chi connectivity index (χ2n) is 6.24. The van der Waals surface area contributed by atoms with Gasteiger partial charge in [0.05, 0.1) is 5.92 Å². The predicted molar refractivity (Wildman–Crippen MR) is 98.3 cm³/mol. The van der Waals surface area contributed by atoms with Crippen LogP contribution in [0.3, 0.4) is 0 Å². The van der Waals surface area contributed by atoms with E-state index in [0.717, 1.165) is 17.7 Å². The fourth-order valence-corrected chi connectivity index (χ4v) is 2.96. The monoisotopic (exact) mass is 351 g/mol. The second-order valence-corrected chi connectivity index (χ2v) is 6.24. The summed E-state index contributed by atoms with van der Waals surface area (Å²) in [4.78, 5) is 38.2. The molecule has 6 heteroatoms. The van der Waals surface area contributed by atoms with Gasteiger partial charge >= 0.3 is 0 Å². The standard InChI is InChI=1S/C20H21N3O3/c1-2-14-7-6-10-17(11-14)23-13-16(12-18(23)24)20(26)22-21-19(25)15-8-4-3-5-9-15/h3-11,16H,2,12-13H2,1H3,(H,21,25)(H,22,26)/t16-/m0/s1. The number of rotatable bonds is 4. The summed E-state index contributed by atoms with van der Waals surface area (Å²) >= 11 is 0. The van der Waals surface area contributed by atoms with E-state index in [0.29, 0.717) is 12.1 Å². The lowest BCUT2D eigenvalue weighted by molar-refractivity contribution is -0.126. The van der Waals surface area contributed by atoms with Gasteiger partial charge in [-0.1, -0.05) is 37.3 Å². The molecule has 1 aliphatic rings. The average molecular weight is 351 g/mol.